The van der Waals surface area contributed by atoms with Crippen LogP contribution in [-0.4, -0.2) is 4.98 Å². The molecule has 0 aliphatic carbocycles. The van der Waals surface area contributed by atoms with Gasteiger partial charge in [0.15, 0.2) is 5.02 Å². The third-order valence-electron chi connectivity index (χ3n) is 0.769. The zero-order valence-electron chi connectivity index (χ0n) is 4.48. The zero-order chi connectivity index (χ0) is 7.72. The zero-order valence-corrected chi connectivity index (χ0v) is 5.99. The minimum atomic E-state index is -0.935. The highest BCUT2D eigenvalue weighted by Gasteiger charge is 2.04. The van der Waals surface area contributed by atoms with Crippen LogP contribution in [0.4, 0.5) is 0 Å². The van der Waals surface area contributed by atoms with Gasteiger partial charge in [-0.3, -0.25) is 4.98 Å². The van der Waals surface area contributed by atoms with Crippen LogP contribution in [0, 0.1) is 0 Å². The lowest BCUT2D eigenvalue weighted by atomic mass is 10.7. The molecule has 0 bridgehead atoms. The first-order valence-corrected chi connectivity index (χ1v) is 2.95. The van der Waals surface area contributed by atoms with Gasteiger partial charge in [0, 0.05) is 0 Å². The summed E-state index contributed by atoms with van der Waals surface area (Å²) in [4.78, 5) is 22.7. The van der Waals surface area contributed by atoms with Gasteiger partial charge >= 0.3 is 11.4 Å². The third-order valence-corrected chi connectivity index (χ3v) is 1.49. The second kappa shape index (κ2) is 2.48. The van der Waals surface area contributed by atoms with Crippen molar-refractivity contribution < 1.29 is 4.42 Å². The van der Waals surface area contributed by atoms with Gasteiger partial charge in [0.05, 0.1) is 0 Å². The van der Waals surface area contributed by atoms with E-state index in [0.29, 0.717) is 0 Å². The smallest absolute Gasteiger partial charge is 0.372 e. The molecule has 0 aliphatic rings. The molecule has 0 fully saturated rings. The minimum absolute atomic E-state index is 0.206. The lowest BCUT2D eigenvalue weighted by molar-refractivity contribution is 0.450. The van der Waals surface area contributed by atoms with Crippen molar-refractivity contribution >= 4 is 23.2 Å². The molecule has 0 saturated heterocycles. The maximum atomic E-state index is 10.5. The van der Waals surface area contributed by atoms with Gasteiger partial charge in [0.2, 0.25) is 0 Å². The molecule has 1 heterocycles. The summed E-state index contributed by atoms with van der Waals surface area (Å²) in [5.41, 5.74) is -0.935. The summed E-state index contributed by atoms with van der Waals surface area (Å²) >= 11 is 10.5. The maximum absolute atomic E-state index is 10.5. The first-order chi connectivity index (χ1) is 4.61. The number of halogens is 2. The number of H-pyrrole nitrogens is 1. The van der Waals surface area contributed by atoms with Crippen molar-refractivity contribution in [3.63, 3.8) is 0 Å². The summed E-state index contributed by atoms with van der Waals surface area (Å²) in [6, 6.07) is 0. The number of aromatic amines is 1. The molecule has 0 amide bonds. The van der Waals surface area contributed by atoms with Crippen LogP contribution in [-0.2, 0) is 0 Å². The lowest BCUT2D eigenvalue weighted by Crippen LogP contribution is -2.14. The fourth-order valence-corrected chi connectivity index (χ4v) is 0.629. The fraction of sp³-hybridized carbons (Fsp3) is 0. The lowest BCUT2D eigenvalue weighted by Gasteiger charge is -1.87. The first-order valence-electron chi connectivity index (χ1n) is 2.19. The summed E-state index contributed by atoms with van der Waals surface area (Å²) in [5, 5.41) is -0.524. The molecule has 0 atom stereocenters. The number of hydrogen-bond donors (Lipinski definition) is 1. The molecule has 0 spiro atoms. The molecule has 0 aromatic carbocycles. The quantitative estimate of drug-likeness (QED) is 0.639. The summed E-state index contributed by atoms with van der Waals surface area (Å²) < 4.78 is 4.01. The van der Waals surface area contributed by atoms with E-state index in [2.05, 4.69) is 4.42 Å². The first kappa shape index (κ1) is 7.37. The molecule has 0 aliphatic heterocycles. The van der Waals surface area contributed by atoms with E-state index in [1.54, 1.807) is 0 Å². The molecule has 0 saturated carbocycles. The summed E-state index contributed by atoms with van der Waals surface area (Å²) in [5.74, 6) is -0.917. The van der Waals surface area contributed by atoms with Gasteiger partial charge < -0.3 is 4.42 Å². The van der Waals surface area contributed by atoms with Crippen molar-refractivity contribution in [3.05, 3.63) is 31.1 Å². The normalized spacial score (nSPS) is 9.80. The Morgan fingerprint density at radius 2 is 1.90 bits per heavy atom. The van der Waals surface area contributed by atoms with Crippen LogP contribution >= 0.6 is 23.2 Å². The number of aromatic nitrogens is 1. The van der Waals surface area contributed by atoms with E-state index in [9.17, 15) is 9.59 Å². The molecule has 10 heavy (non-hydrogen) atoms. The van der Waals surface area contributed by atoms with E-state index < -0.39 is 11.4 Å². The maximum Gasteiger partial charge on any atom is 0.420 e. The molecule has 6 heteroatoms. The molecular weight excluding hydrogens is 181 g/mol. The number of hydrogen-bond acceptors (Lipinski definition) is 3. The Kier molecular flexibility index (Phi) is 1.82. The van der Waals surface area contributed by atoms with Crippen molar-refractivity contribution in [3.8, 4) is 0 Å². The van der Waals surface area contributed by atoms with Crippen LogP contribution in [0.3, 0.4) is 0 Å². The Balaban J connectivity index is 3.62. The van der Waals surface area contributed by atoms with Crippen molar-refractivity contribution in [2.45, 2.75) is 0 Å². The topological polar surface area (TPSA) is 63.1 Å². The van der Waals surface area contributed by atoms with Crippen LogP contribution in [0.2, 0.25) is 10.2 Å². The fourth-order valence-electron chi connectivity index (χ4n) is 0.389. The van der Waals surface area contributed by atoms with Gasteiger partial charge in [-0.2, -0.15) is 0 Å². The SMILES string of the molecule is O=c1[nH]c(Cl)c(Cl)c(=O)o1. The predicted octanol–water partition coefficient (Wildman–Crippen LogP) is 0.635. The van der Waals surface area contributed by atoms with E-state index in [0.717, 1.165) is 0 Å². The van der Waals surface area contributed by atoms with Gasteiger partial charge in [0.1, 0.15) is 5.15 Å². The summed E-state index contributed by atoms with van der Waals surface area (Å²) in [7, 11) is 0. The van der Waals surface area contributed by atoms with Crippen molar-refractivity contribution in [1.29, 1.82) is 0 Å². The van der Waals surface area contributed by atoms with E-state index >= 15 is 0 Å². The molecule has 0 radical (unpaired) electrons. The van der Waals surface area contributed by atoms with Gasteiger partial charge in [-0.15, -0.1) is 0 Å². The van der Waals surface area contributed by atoms with E-state index in [1.807, 2.05) is 4.98 Å². The van der Waals surface area contributed by atoms with Crippen LogP contribution in [0.5, 0.6) is 0 Å². The molecule has 1 rings (SSSR count). The van der Waals surface area contributed by atoms with Crippen molar-refractivity contribution in [2.75, 3.05) is 0 Å². The summed E-state index contributed by atoms with van der Waals surface area (Å²) in [6.07, 6.45) is 0. The second-order valence-electron chi connectivity index (χ2n) is 1.43. The molecule has 1 aromatic heterocycles. The monoisotopic (exact) mass is 181 g/mol. The second-order valence-corrected chi connectivity index (χ2v) is 2.19. The van der Waals surface area contributed by atoms with Crippen LogP contribution in [0.25, 0.3) is 0 Å². The third kappa shape index (κ3) is 1.22. The highest BCUT2D eigenvalue weighted by atomic mass is 35.5. The molecule has 4 nitrogen and oxygen atoms in total. The van der Waals surface area contributed by atoms with Gasteiger partial charge in [-0.1, -0.05) is 23.2 Å². The van der Waals surface area contributed by atoms with Gasteiger partial charge in [0.25, 0.3) is 0 Å². The Morgan fingerprint density at radius 3 is 2.40 bits per heavy atom. The van der Waals surface area contributed by atoms with Gasteiger partial charge in [-0.25, -0.2) is 9.59 Å². The molecule has 1 aromatic rings. The van der Waals surface area contributed by atoms with E-state index in [-0.39, 0.29) is 10.2 Å². The summed E-state index contributed by atoms with van der Waals surface area (Å²) in [6.45, 7) is 0. The molecule has 1 N–H and O–H groups in total. The van der Waals surface area contributed by atoms with Crippen molar-refractivity contribution in [2.24, 2.45) is 0 Å². The average molecular weight is 182 g/mol. The Bertz CT molecular complexity index is 352. The standard InChI is InChI=1S/C4HCl2NO3/c5-1-2(6)7-4(9)10-3(1)8/h(H,7,9). The van der Waals surface area contributed by atoms with E-state index in [1.165, 1.54) is 0 Å². The van der Waals surface area contributed by atoms with Gasteiger partial charge in [-0.05, 0) is 0 Å². The number of nitrogens with one attached hydrogen (secondary N) is 1. The predicted molar refractivity (Wildman–Crippen MR) is 35.6 cm³/mol. The highest BCUT2D eigenvalue weighted by Crippen LogP contribution is 2.10. The highest BCUT2D eigenvalue weighted by molar-refractivity contribution is 6.40. The Labute approximate surface area is 64.4 Å². The molecule has 54 valence electrons. The van der Waals surface area contributed by atoms with Crippen LogP contribution in [0.1, 0.15) is 0 Å². The van der Waals surface area contributed by atoms with Crippen molar-refractivity contribution in [1.82, 2.24) is 4.98 Å². The van der Waals surface area contributed by atoms with Crippen LogP contribution in [0.15, 0.2) is 14.0 Å². The molecular formula is C4HCl2NO3. The minimum Gasteiger partial charge on any atom is -0.372 e. The molecule has 0 unspecified atom stereocenters. The number of rotatable bonds is 0. The Hall–Kier alpha value is -0.740. The largest absolute Gasteiger partial charge is 0.420 e. The van der Waals surface area contributed by atoms with Crippen LogP contribution < -0.4 is 11.4 Å². The van der Waals surface area contributed by atoms with E-state index in [4.69, 9.17) is 23.2 Å². The average Bonchev–Trinajstić information content (AvgIpc) is 1.82. The Morgan fingerprint density at radius 1 is 1.30 bits per heavy atom.